The Kier molecular flexibility index (Phi) is 6.68. The number of carbonyl (C=O) groups is 1. The van der Waals surface area contributed by atoms with Gasteiger partial charge < -0.3 is 14.4 Å². The van der Waals surface area contributed by atoms with E-state index < -0.39 is 17.9 Å². The summed E-state index contributed by atoms with van der Waals surface area (Å²) >= 11 is 6.37. The van der Waals surface area contributed by atoms with Crippen LogP contribution in [-0.4, -0.2) is 46.3 Å². The molecule has 0 aliphatic carbocycles. The van der Waals surface area contributed by atoms with E-state index in [4.69, 9.17) is 21.1 Å². The summed E-state index contributed by atoms with van der Waals surface area (Å²) in [4.78, 5) is 15.1. The van der Waals surface area contributed by atoms with Gasteiger partial charge in [-0.1, -0.05) is 17.7 Å². The molecule has 0 saturated heterocycles. The fourth-order valence-corrected chi connectivity index (χ4v) is 4.05. The van der Waals surface area contributed by atoms with Gasteiger partial charge in [-0.05, 0) is 31.2 Å². The molecule has 0 radical (unpaired) electrons. The van der Waals surface area contributed by atoms with E-state index in [1.807, 2.05) is 36.5 Å². The molecule has 3 aromatic rings. The quantitative estimate of drug-likeness (QED) is 0.474. The average Bonchev–Trinajstić information content (AvgIpc) is 3.27. The number of hydrogen-bond acceptors (Lipinski definition) is 5. The lowest BCUT2D eigenvalue weighted by Crippen LogP contribution is -2.37. The number of methoxy groups -OCH3 is 1. The van der Waals surface area contributed by atoms with Crippen molar-refractivity contribution in [3.63, 3.8) is 0 Å². The van der Waals surface area contributed by atoms with E-state index in [0.717, 1.165) is 23.9 Å². The molecule has 2 heterocycles. The number of alkyl halides is 2. The molecule has 1 amide bonds. The molecule has 2 aromatic carbocycles. The molecule has 0 spiro atoms. The fraction of sp³-hybridized carbons (Fsp3) is 0.320. The minimum Gasteiger partial charge on any atom is -0.497 e. The number of nitriles is 1. The average molecular weight is 501 g/mol. The van der Waals surface area contributed by atoms with Gasteiger partial charge in [0.15, 0.2) is 6.10 Å². The number of benzene rings is 2. The SMILES string of the molecule is COc1cccc(-n2cc3c(n2)CCN(C(=O)c2c(OC(C)C(C)(F)F)ccc(C#N)c2Cl)C3)c1. The van der Waals surface area contributed by atoms with Gasteiger partial charge in [-0.2, -0.15) is 10.4 Å². The number of amides is 1. The van der Waals surface area contributed by atoms with Crippen LogP contribution in [0.4, 0.5) is 8.78 Å². The molecule has 0 N–H and O–H groups in total. The molecule has 10 heteroatoms. The van der Waals surface area contributed by atoms with Gasteiger partial charge in [-0.25, -0.2) is 13.5 Å². The Labute approximate surface area is 206 Å². The van der Waals surface area contributed by atoms with Crippen molar-refractivity contribution >= 4 is 17.5 Å². The number of fused-ring (bicyclic) bond motifs is 1. The number of nitrogens with zero attached hydrogens (tertiary/aromatic N) is 4. The van der Waals surface area contributed by atoms with Crippen LogP contribution in [-0.2, 0) is 13.0 Å². The lowest BCUT2D eigenvalue weighted by molar-refractivity contribution is -0.0720. The Bertz CT molecular complexity index is 1310. The molecule has 35 heavy (non-hydrogen) atoms. The monoisotopic (exact) mass is 500 g/mol. The molecule has 1 aliphatic heterocycles. The van der Waals surface area contributed by atoms with E-state index >= 15 is 0 Å². The van der Waals surface area contributed by atoms with Crippen LogP contribution < -0.4 is 9.47 Å². The zero-order chi connectivity index (χ0) is 25.3. The topological polar surface area (TPSA) is 80.4 Å². The van der Waals surface area contributed by atoms with Gasteiger partial charge in [0.25, 0.3) is 11.8 Å². The van der Waals surface area contributed by atoms with Gasteiger partial charge in [0, 0.05) is 44.3 Å². The third-order valence-corrected chi connectivity index (χ3v) is 6.31. The first-order valence-corrected chi connectivity index (χ1v) is 11.3. The first kappa shape index (κ1) is 24.5. The number of hydrogen-bond donors (Lipinski definition) is 0. The van der Waals surface area contributed by atoms with Gasteiger partial charge in [-0.3, -0.25) is 4.79 Å². The molecule has 1 unspecified atom stereocenters. The maximum atomic E-state index is 13.8. The van der Waals surface area contributed by atoms with Crippen molar-refractivity contribution in [1.82, 2.24) is 14.7 Å². The number of halogens is 3. The third-order valence-electron chi connectivity index (χ3n) is 5.92. The molecule has 1 aliphatic rings. The Hall–Kier alpha value is -3.64. The predicted molar refractivity (Wildman–Crippen MR) is 125 cm³/mol. The lowest BCUT2D eigenvalue weighted by Gasteiger charge is -2.28. The number of rotatable bonds is 6. The van der Waals surface area contributed by atoms with E-state index in [1.165, 1.54) is 19.1 Å². The Morgan fingerprint density at radius 2 is 2.09 bits per heavy atom. The Morgan fingerprint density at radius 1 is 1.31 bits per heavy atom. The van der Waals surface area contributed by atoms with Crippen molar-refractivity contribution in [3.8, 4) is 23.3 Å². The second kappa shape index (κ2) is 9.55. The van der Waals surface area contributed by atoms with Crippen LogP contribution in [0.2, 0.25) is 5.02 Å². The van der Waals surface area contributed by atoms with Crippen LogP contribution >= 0.6 is 11.6 Å². The van der Waals surface area contributed by atoms with Gasteiger partial charge in [0.05, 0.1) is 29.1 Å². The molecular formula is C25H23ClF2N4O3. The normalized spacial score (nSPS) is 14.1. The summed E-state index contributed by atoms with van der Waals surface area (Å²) in [5.41, 5.74) is 2.46. The van der Waals surface area contributed by atoms with Crippen LogP contribution in [0, 0.1) is 11.3 Å². The van der Waals surface area contributed by atoms with E-state index in [0.29, 0.717) is 18.7 Å². The van der Waals surface area contributed by atoms with Gasteiger partial charge in [-0.15, -0.1) is 0 Å². The minimum absolute atomic E-state index is 0.0572. The van der Waals surface area contributed by atoms with Crippen LogP contribution in [0.3, 0.4) is 0 Å². The first-order valence-electron chi connectivity index (χ1n) is 10.9. The van der Waals surface area contributed by atoms with E-state index in [2.05, 4.69) is 5.10 Å². The van der Waals surface area contributed by atoms with E-state index in [9.17, 15) is 18.8 Å². The van der Waals surface area contributed by atoms with Crippen LogP contribution in [0.1, 0.15) is 41.0 Å². The van der Waals surface area contributed by atoms with Crippen LogP contribution in [0.25, 0.3) is 5.69 Å². The summed E-state index contributed by atoms with van der Waals surface area (Å²) in [6.07, 6.45) is 0.827. The first-order chi connectivity index (χ1) is 16.6. The van der Waals surface area contributed by atoms with Crippen LogP contribution in [0.15, 0.2) is 42.6 Å². The second-order valence-corrected chi connectivity index (χ2v) is 8.73. The van der Waals surface area contributed by atoms with Crippen LogP contribution in [0.5, 0.6) is 11.5 Å². The van der Waals surface area contributed by atoms with Crippen molar-refractivity contribution in [2.45, 2.75) is 38.8 Å². The van der Waals surface area contributed by atoms with Crippen molar-refractivity contribution < 1.29 is 23.0 Å². The Balaban J connectivity index is 1.64. The standard InChI is InChI=1S/C25H23ClF2N4O3/c1-15(25(2,27)28)35-21-8-7-16(12-29)23(26)22(21)24(33)31-10-9-20-17(13-31)14-32(30-20)18-5-4-6-19(11-18)34-3/h4-8,11,14-15H,9-10,13H2,1-3H3. The molecule has 0 bridgehead atoms. The van der Waals surface area contributed by atoms with Gasteiger partial charge in [0.1, 0.15) is 23.1 Å². The highest BCUT2D eigenvalue weighted by atomic mass is 35.5. The molecule has 1 atom stereocenters. The lowest BCUT2D eigenvalue weighted by atomic mass is 10.0. The summed E-state index contributed by atoms with van der Waals surface area (Å²) in [5, 5.41) is 13.9. The highest BCUT2D eigenvalue weighted by molar-refractivity contribution is 6.35. The van der Waals surface area contributed by atoms with Crippen molar-refractivity contribution in [3.05, 3.63) is 70.0 Å². The highest BCUT2D eigenvalue weighted by Crippen LogP contribution is 2.35. The highest BCUT2D eigenvalue weighted by Gasteiger charge is 2.35. The minimum atomic E-state index is -3.14. The molecule has 7 nitrogen and oxygen atoms in total. The molecular weight excluding hydrogens is 478 g/mol. The maximum Gasteiger partial charge on any atom is 0.281 e. The number of ether oxygens (including phenoxy) is 2. The van der Waals surface area contributed by atoms with Crippen molar-refractivity contribution in [1.29, 1.82) is 5.26 Å². The van der Waals surface area contributed by atoms with E-state index in [-0.39, 0.29) is 28.4 Å². The maximum absolute atomic E-state index is 13.8. The summed E-state index contributed by atoms with van der Waals surface area (Å²) < 4.78 is 40.0. The summed E-state index contributed by atoms with van der Waals surface area (Å²) in [7, 11) is 1.59. The number of aromatic nitrogens is 2. The van der Waals surface area contributed by atoms with Gasteiger partial charge in [0.2, 0.25) is 0 Å². The van der Waals surface area contributed by atoms with E-state index in [1.54, 1.807) is 16.7 Å². The van der Waals surface area contributed by atoms with Gasteiger partial charge >= 0.3 is 0 Å². The molecule has 182 valence electrons. The zero-order valence-electron chi connectivity index (χ0n) is 19.4. The van der Waals surface area contributed by atoms with Crippen molar-refractivity contribution in [2.75, 3.05) is 13.7 Å². The summed E-state index contributed by atoms with van der Waals surface area (Å²) in [6, 6.07) is 12.0. The molecule has 0 saturated carbocycles. The smallest absolute Gasteiger partial charge is 0.281 e. The fourth-order valence-electron chi connectivity index (χ4n) is 3.77. The van der Waals surface area contributed by atoms with Crippen molar-refractivity contribution in [2.24, 2.45) is 0 Å². The predicted octanol–water partition coefficient (Wildman–Crippen LogP) is 5.03. The number of carbonyl (C=O) groups excluding carboxylic acids is 1. The molecule has 0 fully saturated rings. The molecule has 4 rings (SSSR count). The second-order valence-electron chi connectivity index (χ2n) is 8.35. The Morgan fingerprint density at radius 3 is 2.77 bits per heavy atom. The summed E-state index contributed by atoms with van der Waals surface area (Å²) in [5.74, 6) is -3.05. The third kappa shape index (κ3) is 4.93. The zero-order valence-corrected chi connectivity index (χ0v) is 20.1. The largest absolute Gasteiger partial charge is 0.497 e. The summed E-state index contributed by atoms with van der Waals surface area (Å²) in [6.45, 7) is 2.52. The molecule has 1 aromatic heterocycles.